The summed E-state index contributed by atoms with van der Waals surface area (Å²) in [5.41, 5.74) is 7.11. The second-order valence-electron chi connectivity index (χ2n) is 8.53. The smallest absolute Gasteiger partial charge is 0.199 e. The largest absolute Gasteiger partial charge is 0.480 e. The van der Waals surface area contributed by atoms with Crippen LogP contribution >= 0.6 is 22.6 Å². The van der Waals surface area contributed by atoms with E-state index in [0.717, 1.165) is 54.1 Å². The van der Waals surface area contributed by atoms with Crippen LogP contribution < -0.4 is 9.47 Å². The minimum atomic E-state index is -0.158. The number of allylic oxidation sites excluding steroid dienone is 1. The number of hydrogen-bond donors (Lipinski definition) is 0. The molecule has 0 spiro atoms. The zero-order valence-corrected chi connectivity index (χ0v) is 20.6. The third-order valence-electron chi connectivity index (χ3n) is 6.20. The minimum Gasteiger partial charge on any atom is -0.480 e. The minimum absolute atomic E-state index is 0.136. The molecule has 2 aliphatic heterocycles. The summed E-state index contributed by atoms with van der Waals surface area (Å²) in [6, 6.07) is 23.4. The van der Waals surface area contributed by atoms with Gasteiger partial charge in [0, 0.05) is 21.1 Å². The Kier molecular flexibility index (Phi) is 6.24. The highest BCUT2D eigenvalue weighted by Gasteiger charge is 2.29. The lowest BCUT2D eigenvalue weighted by molar-refractivity contribution is -0.105. The fourth-order valence-corrected chi connectivity index (χ4v) is 4.83. The van der Waals surface area contributed by atoms with Gasteiger partial charge in [0.15, 0.2) is 6.29 Å². The molecule has 0 saturated carbocycles. The Morgan fingerprint density at radius 1 is 0.906 bits per heavy atom. The Morgan fingerprint density at radius 3 is 2.41 bits per heavy atom. The van der Waals surface area contributed by atoms with Crippen LogP contribution in [-0.4, -0.2) is 12.9 Å². The van der Waals surface area contributed by atoms with E-state index < -0.39 is 0 Å². The summed E-state index contributed by atoms with van der Waals surface area (Å²) in [5, 5.41) is 0. The fourth-order valence-electron chi connectivity index (χ4n) is 4.47. The van der Waals surface area contributed by atoms with E-state index >= 15 is 0 Å². The zero-order chi connectivity index (χ0) is 22.1. The predicted molar refractivity (Wildman–Crippen MR) is 137 cm³/mol. The monoisotopic (exact) mass is 538 g/mol. The van der Waals surface area contributed by atoms with Gasteiger partial charge in [-0.2, -0.15) is 0 Å². The molecule has 0 radical (unpaired) electrons. The topological polar surface area (TPSA) is 27.7 Å². The third-order valence-corrected chi connectivity index (χ3v) is 6.91. The maximum Gasteiger partial charge on any atom is 0.199 e. The molecule has 2 heterocycles. The number of halogens is 1. The van der Waals surface area contributed by atoms with Gasteiger partial charge in [0.05, 0.1) is 6.61 Å². The SMILES string of the molecule is CC1=C(c2ccc(OC3CCCCO3)cc2)C(c2ccc(I)cc2)Oc2cc(C)ccc21. The summed E-state index contributed by atoms with van der Waals surface area (Å²) < 4.78 is 19.6. The lowest BCUT2D eigenvalue weighted by atomic mass is 9.86. The molecule has 32 heavy (non-hydrogen) atoms. The van der Waals surface area contributed by atoms with Crippen molar-refractivity contribution in [2.24, 2.45) is 0 Å². The van der Waals surface area contributed by atoms with Crippen LogP contribution in [0.25, 0.3) is 11.1 Å². The maximum atomic E-state index is 6.62. The van der Waals surface area contributed by atoms with Crippen molar-refractivity contribution < 1.29 is 14.2 Å². The Labute approximate surface area is 203 Å². The molecular formula is C28H27IO3. The fraction of sp³-hybridized carbons (Fsp3) is 0.286. The van der Waals surface area contributed by atoms with Crippen LogP contribution in [0.2, 0.25) is 0 Å². The maximum absolute atomic E-state index is 6.62. The van der Waals surface area contributed by atoms with Crippen molar-refractivity contribution in [1.82, 2.24) is 0 Å². The first kappa shape index (κ1) is 21.5. The van der Waals surface area contributed by atoms with Crippen molar-refractivity contribution in [3.63, 3.8) is 0 Å². The standard InChI is InChI=1S/C28H27IO3/c1-18-6-15-24-19(2)27(28(32-25(24)17-18)21-7-11-22(29)12-8-21)20-9-13-23(14-10-20)31-26-5-3-4-16-30-26/h6-15,17,26,28H,3-5,16H2,1-2H3. The molecule has 0 amide bonds. The second-order valence-corrected chi connectivity index (χ2v) is 9.77. The Hall–Kier alpha value is -2.31. The number of benzene rings is 3. The van der Waals surface area contributed by atoms with Crippen molar-refractivity contribution in [2.75, 3.05) is 6.61 Å². The van der Waals surface area contributed by atoms with Gasteiger partial charge in [-0.05, 0) is 102 Å². The van der Waals surface area contributed by atoms with E-state index in [0.29, 0.717) is 0 Å². The summed E-state index contributed by atoms with van der Waals surface area (Å²) >= 11 is 2.34. The van der Waals surface area contributed by atoms with Crippen LogP contribution in [0.4, 0.5) is 0 Å². The predicted octanol–water partition coefficient (Wildman–Crippen LogP) is 7.57. The van der Waals surface area contributed by atoms with Crippen molar-refractivity contribution in [3.8, 4) is 11.5 Å². The zero-order valence-electron chi connectivity index (χ0n) is 18.4. The highest BCUT2D eigenvalue weighted by Crippen LogP contribution is 2.47. The van der Waals surface area contributed by atoms with Crippen molar-refractivity contribution in [3.05, 3.63) is 92.6 Å². The first-order chi connectivity index (χ1) is 15.6. The lowest BCUT2D eigenvalue weighted by Crippen LogP contribution is -2.24. The van der Waals surface area contributed by atoms with Crippen molar-refractivity contribution >= 4 is 33.7 Å². The molecule has 4 heteroatoms. The van der Waals surface area contributed by atoms with E-state index in [1.807, 2.05) is 12.1 Å². The van der Waals surface area contributed by atoms with Gasteiger partial charge in [-0.25, -0.2) is 0 Å². The molecule has 0 N–H and O–H groups in total. The van der Waals surface area contributed by atoms with Gasteiger partial charge in [-0.3, -0.25) is 0 Å². The molecule has 3 aromatic carbocycles. The van der Waals surface area contributed by atoms with E-state index in [-0.39, 0.29) is 12.4 Å². The lowest BCUT2D eigenvalue weighted by Gasteiger charge is -2.31. The molecule has 1 fully saturated rings. The van der Waals surface area contributed by atoms with E-state index in [9.17, 15) is 0 Å². The first-order valence-electron chi connectivity index (χ1n) is 11.2. The normalized spacial score (nSPS) is 20.5. The second kappa shape index (κ2) is 9.28. The first-order valence-corrected chi connectivity index (χ1v) is 12.3. The van der Waals surface area contributed by atoms with E-state index in [1.165, 1.54) is 20.3 Å². The number of fused-ring (bicyclic) bond motifs is 1. The summed E-state index contributed by atoms with van der Waals surface area (Å²) in [6.07, 6.45) is 2.93. The Bertz CT molecular complexity index is 1130. The molecular weight excluding hydrogens is 511 g/mol. The van der Waals surface area contributed by atoms with Crippen LogP contribution in [-0.2, 0) is 4.74 Å². The molecule has 3 nitrogen and oxygen atoms in total. The molecule has 0 aromatic heterocycles. The summed E-state index contributed by atoms with van der Waals surface area (Å²) in [6.45, 7) is 5.08. The number of hydrogen-bond acceptors (Lipinski definition) is 3. The summed E-state index contributed by atoms with van der Waals surface area (Å²) in [4.78, 5) is 0. The number of aryl methyl sites for hydroxylation is 1. The average molecular weight is 538 g/mol. The van der Waals surface area contributed by atoms with Crippen molar-refractivity contribution in [2.45, 2.75) is 45.5 Å². The highest BCUT2D eigenvalue weighted by molar-refractivity contribution is 14.1. The molecule has 3 aromatic rings. The molecule has 2 unspecified atom stereocenters. The molecule has 0 bridgehead atoms. The van der Waals surface area contributed by atoms with Gasteiger partial charge < -0.3 is 14.2 Å². The Morgan fingerprint density at radius 2 is 1.69 bits per heavy atom. The van der Waals surface area contributed by atoms with Crippen LogP contribution in [0.5, 0.6) is 11.5 Å². The molecule has 1 saturated heterocycles. The highest BCUT2D eigenvalue weighted by atomic mass is 127. The molecule has 5 rings (SSSR count). The molecule has 0 aliphatic carbocycles. The molecule has 164 valence electrons. The Balaban J connectivity index is 1.52. The van der Waals surface area contributed by atoms with Gasteiger partial charge in [-0.15, -0.1) is 0 Å². The van der Waals surface area contributed by atoms with E-state index in [4.69, 9.17) is 14.2 Å². The summed E-state index contributed by atoms with van der Waals surface area (Å²) in [7, 11) is 0. The van der Waals surface area contributed by atoms with Gasteiger partial charge in [0.25, 0.3) is 0 Å². The van der Waals surface area contributed by atoms with Crippen LogP contribution in [0, 0.1) is 10.5 Å². The number of rotatable bonds is 4. The van der Waals surface area contributed by atoms with Crippen LogP contribution in [0.3, 0.4) is 0 Å². The summed E-state index contributed by atoms with van der Waals surface area (Å²) in [5.74, 6) is 1.79. The van der Waals surface area contributed by atoms with E-state index in [1.54, 1.807) is 0 Å². The number of ether oxygens (including phenoxy) is 3. The molecule has 2 atom stereocenters. The van der Waals surface area contributed by atoms with Gasteiger partial charge in [0.1, 0.15) is 17.6 Å². The quantitative estimate of drug-likeness (QED) is 0.321. The average Bonchev–Trinajstić information content (AvgIpc) is 2.81. The van der Waals surface area contributed by atoms with E-state index in [2.05, 4.69) is 91.0 Å². The van der Waals surface area contributed by atoms with Gasteiger partial charge in [-0.1, -0.05) is 36.4 Å². The third kappa shape index (κ3) is 4.44. The molecule has 2 aliphatic rings. The van der Waals surface area contributed by atoms with Gasteiger partial charge >= 0.3 is 0 Å². The van der Waals surface area contributed by atoms with Crippen LogP contribution in [0.15, 0.2) is 66.7 Å². The van der Waals surface area contributed by atoms with Gasteiger partial charge in [0.2, 0.25) is 0 Å². The van der Waals surface area contributed by atoms with Crippen LogP contribution in [0.1, 0.15) is 54.5 Å². The van der Waals surface area contributed by atoms with Crippen molar-refractivity contribution in [1.29, 1.82) is 0 Å².